The van der Waals surface area contributed by atoms with Crippen molar-refractivity contribution in [1.29, 1.82) is 0 Å². The van der Waals surface area contributed by atoms with Gasteiger partial charge in [0.1, 0.15) is 18.6 Å². The van der Waals surface area contributed by atoms with E-state index in [1.165, 1.54) is 24.3 Å². The fourth-order valence-corrected chi connectivity index (χ4v) is 3.92. The third-order valence-electron chi connectivity index (χ3n) is 6.06. The molecule has 0 fully saturated rings. The first-order valence-corrected chi connectivity index (χ1v) is 14.3. The first-order valence-electron chi connectivity index (χ1n) is 14.3. The molecule has 0 radical (unpaired) electrons. The van der Waals surface area contributed by atoms with E-state index in [4.69, 9.17) is 19.9 Å². The lowest BCUT2D eigenvalue weighted by molar-refractivity contribution is -0.384. The number of nitrogens with two attached hydrogens (primary N) is 1. The van der Waals surface area contributed by atoms with E-state index in [2.05, 4.69) is 21.3 Å². The molecule has 0 bridgehead atoms. The molecular weight excluding hydrogens is 604 g/mol. The second-order valence-corrected chi connectivity index (χ2v) is 11.6. The summed E-state index contributed by atoms with van der Waals surface area (Å²) < 4.78 is 15.4. The summed E-state index contributed by atoms with van der Waals surface area (Å²) in [7, 11) is 0. The smallest absolute Gasteiger partial charge is 0.436 e. The molecule has 2 aromatic rings. The van der Waals surface area contributed by atoms with Gasteiger partial charge in [0.15, 0.2) is 6.10 Å². The van der Waals surface area contributed by atoms with Gasteiger partial charge in [-0.2, -0.15) is 0 Å². The van der Waals surface area contributed by atoms with E-state index in [-0.39, 0.29) is 31.0 Å². The van der Waals surface area contributed by atoms with Gasteiger partial charge in [-0.1, -0.05) is 26.0 Å². The molecule has 6 N–H and O–H groups in total. The predicted molar refractivity (Wildman–Crippen MR) is 166 cm³/mol. The Kier molecular flexibility index (Phi) is 13.7. The Bertz CT molecular complexity index is 1360. The van der Waals surface area contributed by atoms with Crippen LogP contribution in [0.4, 0.5) is 25.8 Å². The van der Waals surface area contributed by atoms with Crippen LogP contribution < -0.4 is 31.7 Å². The number of nitro benzene ring substituents is 1. The van der Waals surface area contributed by atoms with Gasteiger partial charge in [0.2, 0.25) is 0 Å². The van der Waals surface area contributed by atoms with Gasteiger partial charge in [0.05, 0.1) is 11.0 Å². The van der Waals surface area contributed by atoms with Crippen molar-refractivity contribution < 1.29 is 43.1 Å². The number of ether oxygens (including phenoxy) is 3. The monoisotopic (exact) mass is 644 g/mol. The van der Waals surface area contributed by atoms with Crippen LogP contribution in [0.5, 0.6) is 5.75 Å². The number of non-ortho nitro benzene ring substituents is 1. The van der Waals surface area contributed by atoms with Crippen molar-refractivity contribution >= 4 is 41.8 Å². The van der Waals surface area contributed by atoms with Gasteiger partial charge in [-0.15, -0.1) is 0 Å². The Labute approximate surface area is 265 Å². The molecular formula is C30H40N6O10. The summed E-state index contributed by atoms with van der Waals surface area (Å²) in [5.74, 6) is -0.974. The Morgan fingerprint density at radius 3 is 2.17 bits per heavy atom. The van der Waals surface area contributed by atoms with Gasteiger partial charge < -0.3 is 46.0 Å². The topological polar surface area (TPSA) is 230 Å². The van der Waals surface area contributed by atoms with Crippen molar-refractivity contribution in [3.8, 4) is 5.75 Å². The van der Waals surface area contributed by atoms with E-state index >= 15 is 0 Å². The average molecular weight is 645 g/mol. The van der Waals surface area contributed by atoms with Gasteiger partial charge >= 0.3 is 18.3 Å². The zero-order valence-corrected chi connectivity index (χ0v) is 26.2. The number of nitrogens with zero attached hydrogens (tertiary/aromatic N) is 1. The second kappa shape index (κ2) is 17.2. The molecule has 0 saturated carbocycles. The second-order valence-electron chi connectivity index (χ2n) is 11.6. The Balaban J connectivity index is 1.99. The summed E-state index contributed by atoms with van der Waals surface area (Å²) in [6.45, 7) is 8.55. The highest BCUT2D eigenvalue weighted by molar-refractivity contribution is 5.86. The normalized spacial score (nSPS) is 12.9. The van der Waals surface area contributed by atoms with E-state index in [0.717, 1.165) is 0 Å². The number of amides is 4. The highest BCUT2D eigenvalue weighted by Gasteiger charge is 2.30. The first kappa shape index (κ1) is 36.8. The van der Waals surface area contributed by atoms with Gasteiger partial charge in [0.25, 0.3) is 11.6 Å². The number of benzene rings is 2. The third-order valence-corrected chi connectivity index (χ3v) is 6.06. The van der Waals surface area contributed by atoms with E-state index in [9.17, 15) is 34.1 Å². The summed E-state index contributed by atoms with van der Waals surface area (Å²) in [6.07, 6.45) is -2.37. The molecule has 2 rings (SSSR count). The van der Waals surface area contributed by atoms with Gasteiger partial charge in [-0.25, -0.2) is 14.4 Å². The number of urea groups is 1. The van der Waals surface area contributed by atoms with Crippen molar-refractivity contribution in [2.75, 3.05) is 11.9 Å². The maximum absolute atomic E-state index is 13.0. The Morgan fingerprint density at radius 1 is 1.02 bits per heavy atom. The number of carbonyl (C=O) groups excluding carboxylic acids is 5. The minimum absolute atomic E-state index is 0.00693. The number of aldehydes is 1. The van der Waals surface area contributed by atoms with Crippen LogP contribution >= 0.6 is 0 Å². The summed E-state index contributed by atoms with van der Waals surface area (Å²) in [5, 5.41) is 21.6. The summed E-state index contributed by atoms with van der Waals surface area (Å²) in [4.78, 5) is 70.8. The lowest BCUT2D eigenvalue weighted by Crippen LogP contribution is -2.51. The van der Waals surface area contributed by atoms with Crippen molar-refractivity contribution in [3.05, 3.63) is 64.2 Å². The first-order chi connectivity index (χ1) is 21.6. The van der Waals surface area contributed by atoms with Crippen LogP contribution in [0.15, 0.2) is 48.5 Å². The van der Waals surface area contributed by atoms with E-state index in [1.807, 2.05) is 0 Å². The molecule has 2 unspecified atom stereocenters. The number of hydrogen-bond acceptors (Lipinski definition) is 11. The molecule has 2 aromatic carbocycles. The van der Waals surface area contributed by atoms with E-state index < -0.39 is 58.8 Å². The molecule has 3 atom stereocenters. The minimum Gasteiger partial charge on any atom is -0.436 e. The van der Waals surface area contributed by atoms with Crippen LogP contribution in [0.3, 0.4) is 0 Å². The van der Waals surface area contributed by atoms with Crippen molar-refractivity contribution in [2.45, 2.75) is 71.4 Å². The number of rotatable bonds is 15. The fraction of sp³-hybridized carbons (Fsp3) is 0.433. The molecule has 4 amide bonds. The predicted octanol–water partition coefficient (Wildman–Crippen LogP) is 3.38. The lowest BCUT2D eigenvalue weighted by Gasteiger charge is -2.27. The van der Waals surface area contributed by atoms with Crippen LogP contribution in [-0.4, -0.2) is 65.7 Å². The standard InChI is InChI=1S/C30H40N6O10/c1-18(2)25(46-28(40)35-30(3,4)5)26(38)34-22(16-37)14-21(15-32-27(31)39)33-20-8-6-19(7-9-20)17-44-29(41)45-24-12-10-23(11-13-24)36(42)43/h6-13,16,18,21-22,25,33H,14-15,17H2,1-5H3,(H,34,38)(H,35,40)(H3,31,32,39)/t21?,22?,25-/m0/s1. The molecule has 46 heavy (non-hydrogen) atoms. The highest BCUT2D eigenvalue weighted by atomic mass is 16.7. The fourth-order valence-electron chi connectivity index (χ4n) is 3.92. The molecule has 0 aromatic heterocycles. The number of anilines is 1. The summed E-state index contributed by atoms with van der Waals surface area (Å²) in [5.41, 5.74) is 5.68. The van der Waals surface area contributed by atoms with Crippen molar-refractivity contribution in [2.24, 2.45) is 11.7 Å². The van der Waals surface area contributed by atoms with Crippen LogP contribution in [0.25, 0.3) is 0 Å². The highest BCUT2D eigenvalue weighted by Crippen LogP contribution is 2.19. The maximum atomic E-state index is 13.0. The lowest BCUT2D eigenvalue weighted by atomic mass is 10.0. The molecule has 0 aliphatic carbocycles. The van der Waals surface area contributed by atoms with Gasteiger partial charge in [-0.3, -0.25) is 14.9 Å². The number of hydrogen-bond donors (Lipinski definition) is 5. The number of nitrogens with one attached hydrogen (secondary N) is 4. The van der Waals surface area contributed by atoms with Crippen LogP contribution in [0.1, 0.15) is 46.6 Å². The average Bonchev–Trinajstić information content (AvgIpc) is 2.97. The molecule has 250 valence electrons. The molecule has 16 nitrogen and oxygen atoms in total. The number of nitro groups is 1. The SMILES string of the molecule is CC(C)[C@H](OC(=O)NC(C)(C)C)C(=O)NC(C=O)CC(CNC(N)=O)Nc1ccc(COC(=O)Oc2ccc([N+](=O)[O-])cc2)cc1. The molecule has 16 heteroatoms. The Morgan fingerprint density at radius 2 is 1.65 bits per heavy atom. The van der Waals surface area contributed by atoms with Crippen LogP contribution in [0, 0.1) is 16.0 Å². The summed E-state index contributed by atoms with van der Waals surface area (Å²) >= 11 is 0. The van der Waals surface area contributed by atoms with E-state index in [0.29, 0.717) is 17.5 Å². The Hall–Kier alpha value is -5.41. The minimum atomic E-state index is -1.17. The molecule has 0 saturated heterocycles. The quantitative estimate of drug-likeness (QED) is 0.0620. The number of alkyl carbamates (subject to hydrolysis) is 1. The van der Waals surface area contributed by atoms with Crippen LogP contribution in [-0.2, 0) is 25.7 Å². The molecule has 0 spiro atoms. The third kappa shape index (κ3) is 13.5. The largest absolute Gasteiger partial charge is 0.514 e. The summed E-state index contributed by atoms with van der Waals surface area (Å²) in [6, 6.07) is 9.21. The van der Waals surface area contributed by atoms with E-state index in [1.54, 1.807) is 58.9 Å². The molecule has 0 aliphatic heterocycles. The molecule has 0 heterocycles. The van der Waals surface area contributed by atoms with Gasteiger partial charge in [0, 0.05) is 35.9 Å². The zero-order valence-electron chi connectivity index (χ0n) is 26.2. The number of carbonyl (C=O) groups is 5. The van der Waals surface area contributed by atoms with Crippen molar-refractivity contribution in [3.63, 3.8) is 0 Å². The van der Waals surface area contributed by atoms with Crippen molar-refractivity contribution in [1.82, 2.24) is 16.0 Å². The molecule has 0 aliphatic rings. The maximum Gasteiger partial charge on any atom is 0.514 e. The zero-order chi connectivity index (χ0) is 34.4. The van der Waals surface area contributed by atoms with Gasteiger partial charge in [-0.05, 0) is 62.9 Å². The van der Waals surface area contributed by atoms with Crippen LogP contribution in [0.2, 0.25) is 0 Å². The number of primary amides is 1.